The van der Waals surface area contributed by atoms with Crippen molar-refractivity contribution in [3.05, 3.63) is 88.8 Å². The number of halogens is 3. The van der Waals surface area contributed by atoms with Crippen molar-refractivity contribution >= 4 is 28.3 Å². The van der Waals surface area contributed by atoms with Crippen molar-refractivity contribution < 1.29 is 22.7 Å². The number of alkyl halides is 3. The molecular formula is C26H18F3N5O2S. The number of amides is 1. The molecule has 0 fully saturated rings. The van der Waals surface area contributed by atoms with E-state index in [1.807, 2.05) is 24.3 Å². The van der Waals surface area contributed by atoms with Crippen molar-refractivity contribution in [3.63, 3.8) is 0 Å². The molecule has 0 spiro atoms. The molecule has 2 aromatic carbocycles. The van der Waals surface area contributed by atoms with Gasteiger partial charge in [0, 0.05) is 28.6 Å². The van der Waals surface area contributed by atoms with E-state index in [-0.39, 0.29) is 17.1 Å². The molecule has 11 heteroatoms. The van der Waals surface area contributed by atoms with Gasteiger partial charge in [-0.2, -0.15) is 0 Å². The van der Waals surface area contributed by atoms with Gasteiger partial charge in [0.1, 0.15) is 17.1 Å². The molecule has 0 atom stereocenters. The molecule has 3 heterocycles. The molecule has 5 rings (SSSR count). The molecule has 3 aromatic heterocycles. The zero-order valence-electron chi connectivity index (χ0n) is 19.3. The Labute approximate surface area is 212 Å². The highest BCUT2D eigenvalue weighted by Gasteiger charge is 2.31. The summed E-state index contributed by atoms with van der Waals surface area (Å²) in [6, 6.07) is 14.0. The Hall–Kier alpha value is -4.38. The van der Waals surface area contributed by atoms with Crippen LogP contribution in [0.15, 0.2) is 67.1 Å². The molecule has 0 saturated heterocycles. The highest BCUT2D eigenvalue weighted by molar-refractivity contribution is 7.15. The Morgan fingerprint density at radius 1 is 1.08 bits per heavy atom. The second kappa shape index (κ2) is 9.58. The maximum Gasteiger partial charge on any atom is 0.573 e. The normalized spacial score (nSPS) is 11.6. The lowest BCUT2D eigenvalue weighted by atomic mass is 10.1. The summed E-state index contributed by atoms with van der Waals surface area (Å²) < 4.78 is 41.8. The van der Waals surface area contributed by atoms with Gasteiger partial charge in [-0.25, -0.2) is 9.97 Å². The summed E-state index contributed by atoms with van der Waals surface area (Å²) in [7, 11) is 0. The molecule has 5 aromatic rings. The molecule has 37 heavy (non-hydrogen) atoms. The molecule has 2 N–H and O–H groups in total. The van der Waals surface area contributed by atoms with Gasteiger partial charge in [-0.3, -0.25) is 14.8 Å². The molecule has 1 amide bonds. The van der Waals surface area contributed by atoms with Crippen molar-refractivity contribution in [2.45, 2.75) is 19.7 Å². The number of primary amides is 1. The number of para-hydroxylation sites is 1. The first kappa shape index (κ1) is 24.3. The number of nitrogens with two attached hydrogens (primary N) is 1. The fourth-order valence-electron chi connectivity index (χ4n) is 3.91. The third-order valence-corrected chi connectivity index (χ3v) is 6.66. The minimum atomic E-state index is -4.74. The number of thiophene rings is 1. The van der Waals surface area contributed by atoms with Crippen LogP contribution in [0.2, 0.25) is 0 Å². The number of carbonyl (C=O) groups is 1. The maximum atomic E-state index is 12.6. The molecule has 0 aliphatic carbocycles. The van der Waals surface area contributed by atoms with Gasteiger partial charge in [0.05, 0.1) is 17.2 Å². The van der Waals surface area contributed by atoms with Gasteiger partial charge in [0.2, 0.25) is 0 Å². The predicted octanol–water partition coefficient (Wildman–Crippen LogP) is 5.71. The standard InChI is InChI=1S/C26H18F3N5O2S/c1-14-11-15(5-7-20(14)36-26(27,28)29)21-8-6-17(37-21)12-16-3-2-4-18-22(16)34-23(24(33-18)25(30)35)19-13-31-9-10-32-19/h2-11,13H,12H2,1H3,(H2,30,35). The predicted molar refractivity (Wildman–Crippen MR) is 133 cm³/mol. The van der Waals surface area contributed by atoms with E-state index in [2.05, 4.69) is 19.7 Å². The van der Waals surface area contributed by atoms with Crippen LogP contribution in [-0.2, 0) is 6.42 Å². The Balaban J connectivity index is 1.48. The highest BCUT2D eigenvalue weighted by atomic mass is 32.1. The molecule has 0 aliphatic heterocycles. The second-order valence-electron chi connectivity index (χ2n) is 8.13. The quantitative estimate of drug-likeness (QED) is 0.307. The lowest BCUT2D eigenvalue weighted by Gasteiger charge is -2.12. The number of benzene rings is 2. The van der Waals surface area contributed by atoms with Crippen LogP contribution in [0.25, 0.3) is 32.9 Å². The summed E-state index contributed by atoms with van der Waals surface area (Å²) in [5.41, 5.74) is 9.39. The monoisotopic (exact) mass is 521 g/mol. The number of rotatable bonds is 6. The molecule has 186 valence electrons. The van der Waals surface area contributed by atoms with E-state index in [1.54, 1.807) is 25.1 Å². The highest BCUT2D eigenvalue weighted by Crippen LogP contribution is 2.34. The maximum absolute atomic E-state index is 12.6. The summed E-state index contributed by atoms with van der Waals surface area (Å²) in [5, 5.41) is 0. The summed E-state index contributed by atoms with van der Waals surface area (Å²) in [4.78, 5) is 31.4. The van der Waals surface area contributed by atoms with Crippen molar-refractivity contribution in [2.24, 2.45) is 5.73 Å². The van der Waals surface area contributed by atoms with Crippen LogP contribution in [0.1, 0.15) is 26.5 Å². The zero-order chi connectivity index (χ0) is 26.2. The van der Waals surface area contributed by atoms with Gasteiger partial charge >= 0.3 is 6.36 Å². The molecule has 7 nitrogen and oxygen atoms in total. The number of hydrogen-bond acceptors (Lipinski definition) is 7. The molecular weight excluding hydrogens is 503 g/mol. The summed E-state index contributed by atoms with van der Waals surface area (Å²) in [6.45, 7) is 1.57. The average molecular weight is 522 g/mol. The third-order valence-electron chi connectivity index (χ3n) is 5.53. The minimum Gasteiger partial charge on any atom is -0.406 e. The fraction of sp³-hybridized carbons (Fsp3) is 0.115. The smallest absolute Gasteiger partial charge is 0.406 e. The van der Waals surface area contributed by atoms with Crippen LogP contribution < -0.4 is 10.5 Å². The first-order chi connectivity index (χ1) is 17.7. The van der Waals surface area contributed by atoms with E-state index in [1.165, 1.54) is 36.0 Å². The Morgan fingerprint density at radius 3 is 2.62 bits per heavy atom. The van der Waals surface area contributed by atoms with E-state index in [9.17, 15) is 18.0 Å². The van der Waals surface area contributed by atoms with E-state index in [4.69, 9.17) is 10.7 Å². The van der Waals surface area contributed by atoms with Crippen LogP contribution >= 0.6 is 11.3 Å². The van der Waals surface area contributed by atoms with Crippen molar-refractivity contribution in [2.75, 3.05) is 0 Å². The van der Waals surface area contributed by atoms with Gasteiger partial charge in [0.15, 0.2) is 5.69 Å². The number of carbonyl (C=O) groups excluding carboxylic acids is 1. The molecule has 0 bridgehead atoms. The fourth-order valence-corrected chi connectivity index (χ4v) is 4.93. The largest absolute Gasteiger partial charge is 0.573 e. The molecule has 0 saturated carbocycles. The average Bonchev–Trinajstić information content (AvgIpc) is 3.33. The number of ether oxygens (including phenoxy) is 1. The van der Waals surface area contributed by atoms with E-state index < -0.39 is 12.3 Å². The van der Waals surface area contributed by atoms with Gasteiger partial charge in [-0.1, -0.05) is 12.1 Å². The van der Waals surface area contributed by atoms with Crippen LogP contribution in [0, 0.1) is 6.92 Å². The van der Waals surface area contributed by atoms with E-state index in [0.29, 0.717) is 28.7 Å². The zero-order valence-corrected chi connectivity index (χ0v) is 20.1. The Kier molecular flexibility index (Phi) is 6.30. The summed E-state index contributed by atoms with van der Waals surface area (Å²) >= 11 is 1.52. The number of aromatic nitrogens is 4. The SMILES string of the molecule is Cc1cc(-c2ccc(Cc3cccc4nc(C(N)=O)c(-c5cnccn5)nc34)s2)ccc1OC(F)(F)F. The lowest BCUT2D eigenvalue weighted by molar-refractivity contribution is -0.274. The first-order valence-corrected chi connectivity index (χ1v) is 11.8. The minimum absolute atomic E-state index is 0.0110. The molecule has 0 aliphatic rings. The van der Waals surface area contributed by atoms with Crippen LogP contribution in [0.3, 0.4) is 0 Å². The van der Waals surface area contributed by atoms with Crippen molar-refractivity contribution in [1.82, 2.24) is 19.9 Å². The Bertz CT molecular complexity index is 1620. The van der Waals surface area contributed by atoms with Gasteiger partial charge in [0.25, 0.3) is 5.91 Å². The Morgan fingerprint density at radius 2 is 1.92 bits per heavy atom. The van der Waals surface area contributed by atoms with Crippen LogP contribution in [-0.4, -0.2) is 32.2 Å². The second-order valence-corrected chi connectivity index (χ2v) is 9.30. The first-order valence-electron chi connectivity index (χ1n) is 11.0. The van der Waals surface area contributed by atoms with Crippen LogP contribution in [0.5, 0.6) is 5.75 Å². The third kappa shape index (κ3) is 5.26. The summed E-state index contributed by atoms with van der Waals surface area (Å²) in [6.07, 6.45) is 0.285. The van der Waals surface area contributed by atoms with E-state index in [0.717, 1.165) is 20.9 Å². The van der Waals surface area contributed by atoms with Gasteiger partial charge in [-0.15, -0.1) is 24.5 Å². The van der Waals surface area contributed by atoms with Gasteiger partial charge in [-0.05, 0) is 60.0 Å². The lowest BCUT2D eigenvalue weighted by Crippen LogP contribution is -2.17. The van der Waals surface area contributed by atoms with Crippen LogP contribution in [0.4, 0.5) is 13.2 Å². The van der Waals surface area contributed by atoms with E-state index >= 15 is 0 Å². The van der Waals surface area contributed by atoms with Crippen molar-refractivity contribution in [1.29, 1.82) is 0 Å². The molecule has 0 radical (unpaired) electrons. The number of fused-ring (bicyclic) bond motifs is 1. The van der Waals surface area contributed by atoms with Crippen molar-refractivity contribution in [3.8, 4) is 27.6 Å². The number of hydrogen-bond donors (Lipinski definition) is 1. The van der Waals surface area contributed by atoms with Gasteiger partial charge < -0.3 is 10.5 Å². The number of nitrogens with zero attached hydrogens (tertiary/aromatic N) is 4. The number of aryl methyl sites for hydroxylation is 1. The molecule has 0 unspecified atom stereocenters. The topological polar surface area (TPSA) is 104 Å². The summed E-state index contributed by atoms with van der Waals surface area (Å²) in [5.74, 6) is -0.943.